The predicted octanol–water partition coefficient (Wildman–Crippen LogP) is 16.8. The summed E-state index contributed by atoms with van der Waals surface area (Å²) in [6, 6.07) is 33.7. The lowest BCUT2D eigenvalue weighted by Crippen LogP contribution is -2.20. The lowest BCUT2D eigenvalue weighted by Gasteiger charge is -2.29. The standard InChI is InChI=1S/C88H110O16/c1-83(2,3)65-37-53-31-57-41-67(85(7,8)9)45-61(79(57)101-49-73(89)93-19)35-63-47-69(87(13,14)15)43-59(81(63)103-51-75(91)95-21)33-55-39-66(84(4,5)6)40-56-34-60-44-70(88(16,17)18)48-64(82(60)104-52-76(92)96-22)36-62-46-68(86(10,11)12)42-58(80(62)102-50-74(90)94-20)32-54(38-65)77(53)99-29-27-97-71-25-23-24-26-72(71)98-28-30-100-78(55)56/h23-26,37-48H,27-36,49-52H2,1-22H3. The molecule has 7 aromatic carbocycles. The van der Waals surface area contributed by atoms with E-state index in [4.69, 9.17) is 56.8 Å². The van der Waals surface area contributed by atoms with Gasteiger partial charge in [0.05, 0.1) is 28.4 Å². The Morgan fingerprint density at radius 1 is 0.279 bits per heavy atom. The third-order valence-corrected chi connectivity index (χ3v) is 19.2. The van der Waals surface area contributed by atoms with Crippen molar-refractivity contribution in [3.05, 3.63) is 197 Å². The van der Waals surface area contributed by atoms with E-state index < -0.39 is 82.8 Å². The molecule has 9 rings (SSSR count). The van der Waals surface area contributed by atoms with Crippen LogP contribution < -0.4 is 37.9 Å². The van der Waals surface area contributed by atoms with E-state index in [1.165, 1.54) is 28.4 Å². The van der Waals surface area contributed by atoms with E-state index in [2.05, 4.69) is 197 Å². The summed E-state index contributed by atoms with van der Waals surface area (Å²) in [5.74, 6) is 1.79. The zero-order valence-electron chi connectivity index (χ0n) is 65.7. The van der Waals surface area contributed by atoms with Gasteiger partial charge >= 0.3 is 23.9 Å². The van der Waals surface area contributed by atoms with Crippen molar-refractivity contribution in [2.75, 3.05) is 81.3 Å². The molecule has 16 nitrogen and oxygen atoms in total. The van der Waals surface area contributed by atoms with Gasteiger partial charge in [-0.1, -0.05) is 210 Å². The summed E-state index contributed by atoms with van der Waals surface area (Å²) in [7, 11) is 5.38. The molecule has 0 saturated carbocycles. The average molecular weight is 1420 g/mol. The van der Waals surface area contributed by atoms with Crippen molar-refractivity contribution in [2.24, 2.45) is 0 Å². The van der Waals surface area contributed by atoms with E-state index in [9.17, 15) is 19.2 Å². The molecular formula is C88H110O16. The first kappa shape index (κ1) is 78.9. The zero-order chi connectivity index (χ0) is 76.0. The van der Waals surface area contributed by atoms with Crippen molar-refractivity contribution < 1.29 is 76.0 Å². The summed E-state index contributed by atoms with van der Waals surface area (Å²) in [6.45, 7) is 38.0. The Morgan fingerprint density at radius 2 is 0.452 bits per heavy atom. The maximum Gasteiger partial charge on any atom is 0.343 e. The van der Waals surface area contributed by atoms with Gasteiger partial charge in [0.25, 0.3) is 0 Å². The smallest absolute Gasteiger partial charge is 0.343 e. The van der Waals surface area contributed by atoms with Crippen LogP contribution in [0.4, 0.5) is 0 Å². The first-order valence-corrected chi connectivity index (χ1v) is 36.1. The van der Waals surface area contributed by atoms with Gasteiger partial charge in [0, 0.05) is 38.5 Å². The number of fused-ring (bicyclic) bond motifs is 14. The van der Waals surface area contributed by atoms with Gasteiger partial charge in [-0.2, -0.15) is 0 Å². The first-order valence-electron chi connectivity index (χ1n) is 36.1. The van der Waals surface area contributed by atoms with Crippen molar-refractivity contribution in [1.82, 2.24) is 0 Å². The molecule has 0 amide bonds. The molecule has 0 fully saturated rings. The molecule has 0 saturated heterocycles. The van der Waals surface area contributed by atoms with E-state index in [1.54, 1.807) is 0 Å². The minimum atomic E-state index is -0.568. The minimum Gasteiger partial charge on any atom is -0.489 e. The van der Waals surface area contributed by atoms with E-state index in [-0.39, 0.29) is 65.0 Å². The van der Waals surface area contributed by atoms with E-state index >= 15 is 0 Å². The van der Waals surface area contributed by atoms with E-state index in [0.29, 0.717) is 46.0 Å². The Balaban J connectivity index is 1.54. The molecule has 10 bridgehead atoms. The number of methoxy groups -OCH3 is 4. The number of rotatable bonds is 12. The van der Waals surface area contributed by atoms with Crippen LogP contribution in [-0.2, 0) is 109 Å². The average Bonchev–Trinajstić information content (AvgIpc) is 0.775. The Morgan fingerprint density at radius 3 is 0.635 bits per heavy atom. The predicted molar refractivity (Wildman–Crippen MR) is 406 cm³/mol. The Hall–Kier alpha value is -9.18. The number of hydrogen-bond acceptors (Lipinski definition) is 16. The quantitative estimate of drug-likeness (QED) is 0.0832. The molecule has 2 aliphatic rings. The van der Waals surface area contributed by atoms with Crippen LogP contribution >= 0.6 is 0 Å². The van der Waals surface area contributed by atoms with Crippen LogP contribution in [0.15, 0.2) is 97.1 Å². The summed E-state index contributed by atoms with van der Waals surface area (Å²) < 4.78 is 77.0. The molecule has 0 spiro atoms. The van der Waals surface area contributed by atoms with Gasteiger partial charge < -0.3 is 56.8 Å². The van der Waals surface area contributed by atoms with Gasteiger partial charge in [-0.15, -0.1) is 0 Å². The molecule has 558 valence electrons. The molecule has 16 heteroatoms. The molecule has 0 radical (unpaired) electrons. The SMILES string of the molecule is COC(=O)COc1c2cc(C(C)(C)C)cc1Cc1cc(C(C)(C)C)cc(c1OCC(=O)OC)Cc1cc(C(C)(C)C)cc3c1OCCOc1ccccc1OCCOc1c(cc(C(C)(C)C)cc1Cc1cc(C(C)(C)C)cc(c1OCC(=O)OC)Cc1cc(C(C)(C)C)cc(c1OCC(=O)OC)C3)C2. The molecule has 0 aromatic heterocycles. The number of esters is 4. The second kappa shape index (κ2) is 32.0. The number of carbonyl (C=O) groups is 4. The van der Waals surface area contributed by atoms with E-state index in [0.717, 1.165) is 100 Å². The van der Waals surface area contributed by atoms with Crippen molar-refractivity contribution in [2.45, 2.75) is 196 Å². The fourth-order valence-electron chi connectivity index (χ4n) is 13.1. The van der Waals surface area contributed by atoms with Gasteiger partial charge in [-0.3, -0.25) is 0 Å². The Bertz CT molecular complexity index is 3800. The summed E-state index contributed by atoms with van der Waals surface area (Å²) in [5, 5.41) is 0. The Kier molecular flexibility index (Phi) is 24.3. The second-order valence-corrected chi connectivity index (χ2v) is 33.6. The summed E-state index contributed by atoms with van der Waals surface area (Å²) >= 11 is 0. The van der Waals surface area contributed by atoms with Gasteiger partial charge in [0.1, 0.15) is 60.9 Å². The van der Waals surface area contributed by atoms with Crippen LogP contribution in [0.1, 0.15) is 225 Å². The molecule has 0 N–H and O–H groups in total. The van der Waals surface area contributed by atoms with Crippen LogP contribution in [0.5, 0.6) is 46.0 Å². The fourth-order valence-corrected chi connectivity index (χ4v) is 13.1. The fraction of sp³-hybridized carbons (Fsp3) is 0.477. The van der Waals surface area contributed by atoms with Crippen LogP contribution in [0.25, 0.3) is 0 Å². The molecule has 0 aliphatic carbocycles. The van der Waals surface area contributed by atoms with Crippen molar-refractivity contribution in [3.8, 4) is 46.0 Å². The van der Waals surface area contributed by atoms with Crippen LogP contribution in [-0.4, -0.2) is 105 Å². The molecule has 0 unspecified atom stereocenters. The highest BCUT2D eigenvalue weighted by atomic mass is 16.6. The number of para-hydroxylation sites is 2. The lowest BCUT2D eigenvalue weighted by molar-refractivity contribution is -0.143. The van der Waals surface area contributed by atoms with Crippen LogP contribution in [0.3, 0.4) is 0 Å². The van der Waals surface area contributed by atoms with Crippen molar-refractivity contribution in [1.29, 1.82) is 0 Å². The van der Waals surface area contributed by atoms with E-state index in [1.807, 2.05) is 24.3 Å². The molecule has 7 aromatic rings. The normalized spacial score (nSPS) is 13.9. The third-order valence-electron chi connectivity index (χ3n) is 19.2. The monoisotopic (exact) mass is 1420 g/mol. The van der Waals surface area contributed by atoms with Gasteiger partial charge in [0.2, 0.25) is 0 Å². The summed E-state index contributed by atoms with van der Waals surface area (Å²) in [5.41, 5.74) is 12.8. The molecule has 104 heavy (non-hydrogen) atoms. The second-order valence-electron chi connectivity index (χ2n) is 33.6. The van der Waals surface area contributed by atoms with Gasteiger partial charge in [0.15, 0.2) is 37.9 Å². The maximum atomic E-state index is 13.6. The van der Waals surface area contributed by atoms with Crippen LogP contribution in [0, 0.1) is 0 Å². The van der Waals surface area contributed by atoms with Crippen molar-refractivity contribution in [3.63, 3.8) is 0 Å². The number of ether oxygens (including phenoxy) is 12. The van der Waals surface area contributed by atoms with Crippen LogP contribution in [0.2, 0.25) is 0 Å². The van der Waals surface area contributed by atoms with Crippen molar-refractivity contribution >= 4 is 23.9 Å². The molecule has 0 atom stereocenters. The lowest BCUT2D eigenvalue weighted by atomic mass is 9.79. The summed E-state index contributed by atoms with van der Waals surface area (Å²) in [4.78, 5) is 54.4. The molecule has 2 heterocycles. The topological polar surface area (TPSA) is 179 Å². The minimum absolute atomic E-state index is 0.0853. The largest absolute Gasteiger partial charge is 0.489 e. The molecular weight excluding hydrogens is 1310 g/mol. The third kappa shape index (κ3) is 19.6. The van der Waals surface area contributed by atoms with Gasteiger partial charge in [-0.05, 0) is 145 Å². The number of hydrogen-bond donors (Lipinski definition) is 0. The van der Waals surface area contributed by atoms with Gasteiger partial charge in [-0.25, -0.2) is 19.2 Å². The maximum absolute atomic E-state index is 13.6. The number of carbonyl (C=O) groups excluding carboxylic acids is 4. The highest BCUT2D eigenvalue weighted by Crippen LogP contribution is 2.47. The first-order chi connectivity index (χ1) is 48.7. The highest BCUT2D eigenvalue weighted by molar-refractivity contribution is 5.73. The Labute approximate surface area is 617 Å². The zero-order valence-corrected chi connectivity index (χ0v) is 65.7. The summed E-state index contributed by atoms with van der Waals surface area (Å²) in [6.07, 6.45) is 1.39. The highest BCUT2D eigenvalue weighted by Gasteiger charge is 2.33. The molecule has 2 aliphatic heterocycles. The number of benzene rings is 7.